The number of phenolic OH excluding ortho intramolecular Hbond substituents is 1. The highest BCUT2D eigenvalue weighted by atomic mass is 16.5. The van der Waals surface area contributed by atoms with Gasteiger partial charge in [-0.05, 0) is 88.9 Å². The number of phenols is 1. The van der Waals surface area contributed by atoms with E-state index in [1.54, 1.807) is 25.1 Å². The summed E-state index contributed by atoms with van der Waals surface area (Å²) in [5.74, 6) is -0.467. The Morgan fingerprint density at radius 3 is 2.44 bits per heavy atom. The van der Waals surface area contributed by atoms with Crippen molar-refractivity contribution < 1.29 is 24.5 Å². The number of hydrogen-bond donors (Lipinski definition) is 2. The second-order valence-corrected chi connectivity index (χ2v) is 8.89. The summed E-state index contributed by atoms with van der Waals surface area (Å²) in [5, 5.41) is 25.6. The molecular formula is C25H26N2O5. The second-order valence-electron chi connectivity index (χ2n) is 8.89. The number of anilines is 1. The maximum atomic E-state index is 13.2. The number of aromatic hydroxyl groups is 1. The minimum atomic E-state index is -1.04. The lowest BCUT2D eigenvalue weighted by molar-refractivity contribution is -0.114. The lowest BCUT2D eigenvalue weighted by Crippen LogP contribution is -2.33. The number of benzene rings is 2. The maximum Gasteiger partial charge on any atom is 0.335 e. The molecule has 2 aliphatic heterocycles. The molecule has 2 aromatic carbocycles. The molecule has 0 bridgehead atoms. The first-order chi connectivity index (χ1) is 15.0. The van der Waals surface area contributed by atoms with Crippen molar-refractivity contribution in [1.29, 1.82) is 0 Å². The standard InChI is InChI=1S/C25H26N2O5/c1-13-14(2)22-18(10-11-25(4,5)32-22)20(21(13)28)12-19-15(3)26-27(23(19)29)17-8-6-16(7-9-17)24(30)31/h6-9,12,28H,10-11H2,1-5H3,(H,30,31)/b19-12-. The van der Waals surface area contributed by atoms with Gasteiger partial charge in [0.1, 0.15) is 17.1 Å². The molecule has 2 heterocycles. The smallest absolute Gasteiger partial charge is 0.335 e. The van der Waals surface area contributed by atoms with E-state index in [-0.39, 0.29) is 22.8 Å². The number of carboxylic acids is 1. The number of carbonyl (C=O) groups is 2. The molecule has 1 amide bonds. The quantitative estimate of drug-likeness (QED) is 0.687. The van der Waals surface area contributed by atoms with E-state index in [9.17, 15) is 14.7 Å². The summed E-state index contributed by atoms with van der Waals surface area (Å²) in [5.41, 5.74) is 4.28. The van der Waals surface area contributed by atoms with Crippen molar-refractivity contribution in [3.8, 4) is 11.5 Å². The largest absolute Gasteiger partial charge is 0.507 e. The SMILES string of the molecule is CC1=NN(c2ccc(C(=O)O)cc2)C(=O)/C1=C\c1c(O)c(C)c(C)c2c1CCC(C)(C)O2. The summed E-state index contributed by atoms with van der Waals surface area (Å²) in [6.45, 7) is 9.59. The van der Waals surface area contributed by atoms with Crippen LogP contribution in [0.3, 0.4) is 0 Å². The number of amides is 1. The summed E-state index contributed by atoms with van der Waals surface area (Å²) in [7, 11) is 0. The van der Waals surface area contributed by atoms with E-state index in [1.807, 2.05) is 27.7 Å². The summed E-state index contributed by atoms with van der Waals surface area (Å²) >= 11 is 0. The molecule has 0 aromatic heterocycles. The van der Waals surface area contributed by atoms with Gasteiger partial charge in [0.25, 0.3) is 5.91 Å². The van der Waals surface area contributed by atoms with Crippen molar-refractivity contribution in [3.63, 3.8) is 0 Å². The molecule has 0 saturated heterocycles. The Kier molecular flexibility index (Phi) is 5.07. The number of fused-ring (bicyclic) bond motifs is 1. The number of carbonyl (C=O) groups excluding carboxylic acids is 1. The first-order valence-electron chi connectivity index (χ1n) is 10.5. The van der Waals surface area contributed by atoms with Gasteiger partial charge in [0.15, 0.2) is 0 Å². The highest BCUT2D eigenvalue weighted by Gasteiger charge is 2.33. The van der Waals surface area contributed by atoms with E-state index in [4.69, 9.17) is 9.84 Å². The summed E-state index contributed by atoms with van der Waals surface area (Å²) < 4.78 is 6.25. The first kappa shape index (κ1) is 21.6. The second kappa shape index (κ2) is 7.51. The van der Waals surface area contributed by atoms with Gasteiger partial charge in [0.05, 0.1) is 22.5 Å². The third-order valence-electron chi connectivity index (χ3n) is 6.18. The van der Waals surface area contributed by atoms with E-state index in [2.05, 4.69) is 5.10 Å². The number of nitrogens with zero attached hydrogens (tertiary/aromatic N) is 2. The molecule has 4 rings (SSSR count). The minimum absolute atomic E-state index is 0.131. The summed E-state index contributed by atoms with van der Waals surface area (Å²) in [6.07, 6.45) is 3.21. The van der Waals surface area contributed by atoms with E-state index in [0.29, 0.717) is 22.5 Å². The predicted octanol–water partition coefficient (Wildman–Crippen LogP) is 4.62. The lowest BCUT2D eigenvalue weighted by atomic mass is 9.86. The van der Waals surface area contributed by atoms with Crippen LogP contribution in [0.1, 0.15) is 59.8 Å². The van der Waals surface area contributed by atoms with Crippen LogP contribution in [0.15, 0.2) is 34.9 Å². The van der Waals surface area contributed by atoms with Crippen molar-refractivity contribution in [2.45, 2.75) is 53.1 Å². The molecule has 0 fully saturated rings. The van der Waals surface area contributed by atoms with Crippen LogP contribution in [-0.4, -0.2) is 33.4 Å². The topological polar surface area (TPSA) is 99.4 Å². The van der Waals surface area contributed by atoms with E-state index >= 15 is 0 Å². The number of hydrogen-bond acceptors (Lipinski definition) is 5. The number of rotatable bonds is 3. The van der Waals surface area contributed by atoms with E-state index in [1.165, 1.54) is 17.1 Å². The molecule has 7 heteroatoms. The lowest BCUT2D eigenvalue weighted by Gasteiger charge is -2.35. The van der Waals surface area contributed by atoms with Gasteiger partial charge in [0, 0.05) is 11.1 Å². The Bertz CT molecular complexity index is 1210. The molecule has 0 atom stereocenters. The number of aromatic carboxylic acids is 1. The van der Waals surface area contributed by atoms with Gasteiger partial charge < -0.3 is 14.9 Å². The van der Waals surface area contributed by atoms with E-state index < -0.39 is 5.97 Å². The van der Waals surface area contributed by atoms with Crippen LogP contribution in [0.5, 0.6) is 11.5 Å². The zero-order chi connectivity index (χ0) is 23.4. The van der Waals surface area contributed by atoms with E-state index in [0.717, 1.165) is 35.3 Å². The van der Waals surface area contributed by atoms with Crippen molar-refractivity contribution in [1.82, 2.24) is 0 Å². The predicted molar refractivity (Wildman–Crippen MR) is 123 cm³/mol. The monoisotopic (exact) mass is 434 g/mol. The van der Waals surface area contributed by atoms with Gasteiger partial charge in [-0.15, -0.1) is 0 Å². The molecule has 2 N–H and O–H groups in total. The molecular weight excluding hydrogens is 408 g/mol. The normalized spacial score (nSPS) is 18.4. The number of carboxylic acid groups (broad SMARTS) is 1. The van der Waals surface area contributed by atoms with Gasteiger partial charge >= 0.3 is 5.97 Å². The zero-order valence-electron chi connectivity index (χ0n) is 18.8. The molecule has 2 aliphatic rings. The minimum Gasteiger partial charge on any atom is -0.507 e. The Hall–Kier alpha value is -3.61. The van der Waals surface area contributed by atoms with Crippen molar-refractivity contribution in [2.75, 3.05) is 5.01 Å². The van der Waals surface area contributed by atoms with Gasteiger partial charge in [-0.3, -0.25) is 4.79 Å². The molecule has 0 aliphatic carbocycles. The molecule has 0 spiro atoms. The Labute approximate surface area is 186 Å². The highest BCUT2D eigenvalue weighted by Crippen LogP contribution is 2.44. The molecule has 0 unspecified atom stereocenters. The number of ether oxygens (including phenoxy) is 1. The number of hydrazone groups is 1. The third kappa shape index (κ3) is 3.53. The van der Waals surface area contributed by atoms with Crippen LogP contribution in [-0.2, 0) is 11.2 Å². The molecule has 0 saturated carbocycles. The molecule has 0 radical (unpaired) electrons. The molecule has 2 aromatic rings. The Morgan fingerprint density at radius 2 is 1.81 bits per heavy atom. The van der Waals surface area contributed by atoms with Crippen LogP contribution >= 0.6 is 0 Å². The molecule has 7 nitrogen and oxygen atoms in total. The zero-order valence-corrected chi connectivity index (χ0v) is 18.8. The van der Waals surface area contributed by atoms with Crippen molar-refractivity contribution in [3.05, 3.63) is 57.7 Å². The average molecular weight is 434 g/mol. The highest BCUT2D eigenvalue weighted by molar-refractivity contribution is 6.32. The summed E-state index contributed by atoms with van der Waals surface area (Å²) in [6, 6.07) is 5.96. The van der Waals surface area contributed by atoms with Gasteiger partial charge in [-0.25, -0.2) is 4.79 Å². The summed E-state index contributed by atoms with van der Waals surface area (Å²) in [4.78, 5) is 24.3. The first-order valence-corrected chi connectivity index (χ1v) is 10.5. The van der Waals surface area contributed by atoms with Gasteiger partial charge in [0.2, 0.25) is 0 Å². The van der Waals surface area contributed by atoms with Gasteiger partial charge in [-0.2, -0.15) is 10.1 Å². The Balaban J connectivity index is 1.77. The fourth-order valence-corrected chi connectivity index (χ4v) is 4.09. The van der Waals surface area contributed by atoms with Crippen molar-refractivity contribution >= 4 is 29.4 Å². The Morgan fingerprint density at radius 1 is 1.16 bits per heavy atom. The van der Waals surface area contributed by atoms with Crippen LogP contribution in [0.2, 0.25) is 0 Å². The third-order valence-corrected chi connectivity index (χ3v) is 6.18. The maximum absolute atomic E-state index is 13.2. The fraction of sp³-hybridized carbons (Fsp3) is 0.320. The van der Waals surface area contributed by atoms with Crippen LogP contribution in [0.4, 0.5) is 5.69 Å². The van der Waals surface area contributed by atoms with Gasteiger partial charge in [-0.1, -0.05) is 0 Å². The molecule has 32 heavy (non-hydrogen) atoms. The van der Waals surface area contributed by atoms with Crippen LogP contribution in [0, 0.1) is 13.8 Å². The fourth-order valence-electron chi connectivity index (χ4n) is 4.09. The average Bonchev–Trinajstić information content (AvgIpc) is 3.03. The molecule has 166 valence electrons. The van der Waals surface area contributed by atoms with Crippen LogP contribution < -0.4 is 9.75 Å². The van der Waals surface area contributed by atoms with Crippen LogP contribution in [0.25, 0.3) is 6.08 Å². The van der Waals surface area contributed by atoms with Crippen molar-refractivity contribution in [2.24, 2.45) is 5.10 Å².